The third kappa shape index (κ3) is 3.53. The van der Waals surface area contributed by atoms with Crippen LogP contribution in [0.3, 0.4) is 0 Å². The quantitative estimate of drug-likeness (QED) is 0.727. The van der Waals surface area contributed by atoms with Crippen LogP contribution in [0.4, 0.5) is 0 Å². The maximum atomic E-state index is 10.1. The Kier molecular flexibility index (Phi) is 4.15. The minimum atomic E-state index is -0.545. The first-order valence-corrected chi connectivity index (χ1v) is 6.36. The van der Waals surface area contributed by atoms with Gasteiger partial charge in [0.1, 0.15) is 0 Å². The van der Waals surface area contributed by atoms with Crippen LogP contribution in [0.5, 0.6) is 0 Å². The molecule has 3 heteroatoms. The third-order valence-corrected chi connectivity index (χ3v) is 3.51. The molecule has 0 amide bonds. The lowest BCUT2D eigenvalue weighted by atomic mass is 10.0. The van der Waals surface area contributed by atoms with Crippen LogP contribution in [0.2, 0.25) is 0 Å². The predicted octanol–water partition coefficient (Wildman–Crippen LogP) is 1.61. The van der Waals surface area contributed by atoms with Crippen molar-refractivity contribution in [1.29, 1.82) is 0 Å². The Morgan fingerprint density at radius 3 is 2.47 bits per heavy atom. The van der Waals surface area contributed by atoms with Crippen LogP contribution in [-0.4, -0.2) is 28.9 Å². The Hall–Kier alpha value is -0.900. The van der Waals surface area contributed by atoms with Gasteiger partial charge >= 0.3 is 0 Å². The van der Waals surface area contributed by atoms with Crippen LogP contribution < -0.4 is 5.32 Å². The van der Waals surface area contributed by atoms with Crippen molar-refractivity contribution in [3.63, 3.8) is 0 Å². The summed E-state index contributed by atoms with van der Waals surface area (Å²) in [5.74, 6) is 0. The molecule has 0 radical (unpaired) electrons. The maximum absolute atomic E-state index is 10.1. The topological polar surface area (TPSA) is 52.5 Å². The minimum absolute atomic E-state index is 0.492. The van der Waals surface area contributed by atoms with Crippen LogP contribution in [0.25, 0.3) is 0 Å². The second-order valence-electron chi connectivity index (χ2n) is 4.99. The summed E-state index contributed by atoms with van der Waals surface area (Å²) in [6.45, 7) is 1.07. The molecular weight excluding hydrogens is 214 g/mol. The van der Waals surface area contributed by atoms with E-state index >= 15 is 0 Å². The largest absolute Gasteiger partial charge is 0.389 e. The van der Waals surface area contributed by atoms with Gasteiger partial charge in [0.05, 0.1) is 11.7 Å². The number of aliphatic hydroxyl groups excluding tert-OH is 1. The normalized spacial score (nSPS) is 20.4. The van der Waals surface area contributed by atoms with Crippen molar-refractivity contribution in [2.75, 3.05) is 13.1 Å². The van der Waals surface area contributed by atoms with E-state index in [1.54, 1.807) is 0 Å². The van der Waals surface area contributed by atoms with Crippen LogP contribution in [0.15, 0.2) is 30.3 Å². The molecule has 1 aromatic rings. The lowest BCUT2D eigenvalue weighted by Crippen LogP contribution is -2.39. The van der Waals surface area contributed by atoms with Crippen LogP contribution in [0.1, 0.15) is 37.4 Å². The monoisotopic (exact) mass is 235 g/mol. The third-order valence-electron chi connectivity index (χ3n) is 3.51. The second-order valence-corrected chi connectivity index (χ2v) is 4.99. The Labute approximate surface area is 102 Å². The molecule has 0 aliphatic heterocycles. The van der Waals surface area contributed by atoms with E-state index in [1.165, 1.54) is 0 Å². The number of nitrogens with one attached hydrogen (secondary N) is 1. The van der Waals surface area contributed by atoms with Crippen molar-refractivity contribution >= 4 is 0 Å². The van der Waals surface area contributed by atoms with Gasteiger partial charge < -0.3 is 15.5 Å². The van der Waals surface area contributed by atoms with Crippen molar-refractivity contribution in [2.45, 2.75) is 37.4 Å². The highest BCUT2D eigenvalue weighted by Gasteiger charge is 2.30. The highest BCUT2D eigenvalue weighted by atomic mass is 16.3. The van der Waals surface area contributed by atoms with Gasteiger partial charge in [0.2, 0.25) is 0 Å². The molecule has 1 fully saturated rings. The number of rotatable bonds is 5. The summed E-state index contributed by atoms with van der Waals surface area (Å²) in [6, 6.07) is 9.60. The van der Waals surface area contributed by atoms with E-state index in [9.17, 15) is 10.2 Å². The van der Waals surface area contributed by atoms with Gasteiger partial charge in [-0.2, -0.15) is 0 Å². The maximum Gasteiger partial charge on any atom is 0.0914 e. The zero-order chi connectivity index (χ0) is 12.1. The molecule has 1 saturated carbocycles. The van der Waals surface area contributed by atoms with Crippen molar-refractivity contribution in [3.05, 3.63) is 35.9 Å². The molecule has 0 bridgehead atoms. The summed E-state index contributed by atoms with van der Waals surface area (Å²) in [4.78, 5) is 0. The van der Waals surface area contributed by atoms with Crippen LogP contribution >= 0.6 is 0 Å². The van der Waals surface area contributed by atoms with Crippen LogP contribution in [-0.2, 0) is 0 Å². The van der Waals surface area contributed by atoms with E-state index in [4.69, 9.17) is 0 Å². The molecule has 1 unspecified atom stereocenters. The molecule has 17 heavy (non-hydrogen) atoms. The summed E-state index contributed by atoms with van der Waals surface area (Å²) in [5.41, 5.74) is 0.370. The highest BCUT2D eigenvalue weighted by Crippen LogP contribution is 2.28. The van der Waals surface area contributed by atoms with Gasteiger partial charge in [0.25, 0.3) is 0 Å². The fourth-order valence-corrected chi connectivity index (χ4v) is 2.44. The molecule has 0 aromatic heterocycles. The first-order chi connectivity index (χ1) is 8.20. The molecule has 94 valence electrons. The zero-order valence-corrected chi connectivity index (χ0v) is 10.1. The van der Waals surface area contributed by atoms with Gasteiger partial charge in [0, 0.05) is 13.1 Å². The average Bonchev–Trinajstić information content (AvgIpc) is 2.77. The van der Waals surface area contributed by atoms with E-state index in [0.717, 1.165) is 31.2 Å². The molecular formula is C14H21NO2. The van der Waals surface area contributed by atoms with E-state index < -0.39 is 11.7 Å². The first-order valence-electron chi connectivity index (χ1n) is 6.36. The molecule has 3 nitrogen and oxygen atoms in total. The highest BCUT2D eigenvalue weighted by molar-refractivity contribution is 5.17. The van der Waals surface area contributed by atoms with Crippen molar-refractivity contribution in [1.82, 2.24) is 5.32 Å². The van der Waals surface area contributed by atoms with Crippen LogP contribution in [0, 0.1) is 0 Å². The average molecular weight is 235 g/mol. The second kappa shape index (κ2) is 5.63. The summed E-state index contributed by atoms with van der Waals surface area (Å²) in [6.07, 6.45) is 3.48. The van der Waals surface area contributed by atoms with E-state index in [0.29, 0.717) is 13.1 Å². The van der Waals surface area contributed by atoms with Gasteiger partial charge in [0.15, 0.2) is 0 Å². The zero-order valence-electron chi connectivity index (χ0n) is 10.1. The summed E-state index contributed by atoms with van der Waals surface area (Å²) >= 11 is 0. The summed E-state index contributed by atoms with van der Waals surface area (Å²) < 4.78 is 0. The lowest BCUT2D eigenvalue weighted by Gasteiger charge is -2.23. The van der Waals surface area contributed by atoms with Crippen molar-refractivity contribution in [3.8, 4) is 0 Å². The Bertz CT molecular complexity index is 333. The Morgan fingerprint density at radius 2 is 1.82 bits per heavy atom. The van der Waals surface area contributed by atoms with Gasteiger partial charge in [-0.1, -0.05) is 43.2 Å². The minimum Gasteiger partial charge on any atom is -0.389 e. The molecule has 0 spiro atoms. The number of hydrogen-bond donors (Lipinski definition) is 3. The number of hydrogen-bond acceptors (Lipinski definition) is 3. The van der Waals surface area contributed by atoms with Gasteiger partial charge in [-0.15, -0.1) is 0 Å². The first kappa shape index (κ1) is 12.6. The molecule has 1 aromatic carbocycles. The summed E-state index contributed by atoms with van der Waals surface area (Å²) in [5, 5.41) is 23.2. The molecule has 3 N–H and O–H groups in total. The smallest absolute Gasteiger partial charge is 0.0914 e. The van der Waals surface area contributed by atoms with Gasteiger partial charge in [-0.05, 0) is 18.4 Å². The Morgan fingerprint density at radius 1 is 1.18 bits per heavy atom. The van der Waals surface area contributed by atoms with E-state index in [2.05, 4.69) is 5.32 Å². The fraction of sp³-hybridized carbons (Fsp3) is 0.571. The lowest BCUT2D eigenvalue weighted by molar-refractivity contribution is 0.0439. The van der Waals surface area contributed by atoms with Crippen molar-refractivity contribution < 1.29 is 10.2 Å². The van der Waals surface area contributed by atoms with Gasteiger partial charge in [-0.3, -0.25) is 0 Å². The standard InChI is InChI=1S/C14H21NO2/c16-13(12-6-2-1-3-7-12)10-15-11-14(17)8-4-5-9-14/h1-3,6-7,13,15-17H,4-5,8-11H2. The predicted molar refractivity (Wildman–Crippen MR) is 67.7 cm³/mol. The van der Waals surface area contributed by atoms with E-state index in [1.807, 2.05) is 30.3 Å². The number of aliphatic hydroxyl groups is 2. The molecule has 0 saturated heterocycles. The van der Waals surface area contributed by atoms with E-state index in [-0.39, 0.29) is 0 Å². The molecule has 2 rings (SSSR count). The fourth-order valence-electron chi connectivity index (χ4n) is 2.44. The summed E-state index contributed by atoms with van der Waals surface area (Å²) in [7, 11) is 0. The number of benzene rings is 1. The molecule has 1 aliphatic carbocycles. The van der Waals surface area contributed by atoms with Crippen molar-refractivity contribution in [2.24, 2.45) is 0 Å². The SMILES string of the molecule is OC(CNCC1(O)CCCC1)c1ccccc1. The van der Waals surface area contributed by atoms with Gasteiger partial charge in [-0.25, -0.2) is 0 Å². The Balaban J connectivity index is 1.75. The molecule has 1 aliphatic rings. The molecule has 0 heterocycles. The molecule has 1 atom stereocenters.